The topological polar surface area (TPSA) is 74.2 Å². The highest BCUT2D eigenvalue weighted by atomic mass is 16.3. The average molecular weight is 249 g/mol. The third kappa shape index (κ3) is 3.20. The number of piperidine rings is 1. The van der Waals surface area contributed by atoms with Crippen LogP contribution in [0.25, 0.3) is 0 Å². The zero-order valence-electron chi connectivity index (χ0n) is 10.5. The van der Waals surface area contributed by atoms with Crippen LogP contribution in [0.5, 0.6) is 5.75 Å². The number of hydrogen-bond acceptors (Lipinski definition) is 4. The summed E-state index contributed by atoms with van der Waals surface area (Å²) in [4.78, 5) is 15.8. The quantitative estimate of drug-likeness (QED) is 0.744. The number of carbonyl (C=O) groups excluding carboxylic acids is 1. The van der Waals surface area contributed by atoms with Gasteiger partial charge in [-0.25, -0.2) is 0 Å². The molecule has 1 aliphatic heterocycles. The van der Waals surface area contributed by atoms with Crippen molar-refractivity contribution in [3.63, 3.8) is 0 Å². The highest BCUT2D eigenvalue weighted by Crippen LogP contribution is 2.15. The Labute approximate surface area is 107 Å². The number of pyridine rings is 1. The van der Waals surface area contributed by atoms with Gasteiger partial charge in [0.2, 0.25) is 0 Å². The minimum atomic E-state index is -0.184. The molecule has 0 aliphatic carbocycles. The van der Waals surface area contributed by atoms with Gasteiger partial charge in [0, 0.05) is 12.2 Å². The van der Waals surface area contributed by atoms with E-state index >= 15 is 0 Å². The Bertz CT molecular complexity index is 416. The van der Waals surface area contributed by atoms with Gasteiger partial charge in [0.15, 0.2) is 0 Å². The van der Waals surface area contributed by atoms with Gasteiger partial charge in [-0.05, 0) is 44.8 Å². The van der Waals surface area contributed by atoms with Gasteiger partial charge in [0.25, 0.3) is 5.91 Å². The van der Waals surface area contributed by atoms with Crippen molar-refractivity contribution in [2.45, 2.75) is 25.8 Å². The molecule has 5 heteroatoms. The molecule has 0 saturated carbocycles. The molecule has 98 valence electrons. The lowest BCUT2D eigenvalue weighted by Crippen LogP contribution is -2.44. The molecule has 2 heterocycles. The maximum absolute atomic E-state index is 12.0. The summed E-state index contributed by atoms with van der Waals surface area (Å²) in [5, 5.41) is 15.6. The van der Waals surface area contributed by atoms with Crippen molar-refractivity contribution >= 4 is 5.91 Å². The Morgan fingerprint density at radius 2 is 2.44 bits per heavy atom. The predicted octanol–water partition coefficient (Wildman–Crippen LogP) is 0.905. The van der Waals surface area contributed by atoms with E-state index in [0.717, 1.165) is 25.9 Å². The molecule has 3 N–H and O–H groups in total. The van der Waals surface area contributed by atoms with Gasteiger partial charge in [-0.2, -0.15) is 0 Å². The number of carbonyl (C=O) groups is 1. The smallest absolute Gasteiger partial charge is 0.253 e. The van der Waals surface area contributed by atoms with Crippen LogP contribution in [0.1, 0.15) is 30.1 Å². The molecule has 0 spiro atoms. The molecule has 0 bridgehead atoms. The number of amides is 1. The van der Waals surface area contributed by atoms with Crippen LogP contribution >= 0.6 is 0 Å². The fourth-order valence-corrected chi connectivity index (χ4v) is 2.27. The van der Waals surface area contributed by atoms with Crippen LogP contribution in [0.15, 0.2) is 18.5 Å². The van der Waals surface area contributed by atoms with E-state index in [0.29, 0.717) is 11.5 Å². The molecule has 2 atom stereocenters. The van der Waals surface area contributed by atoms with Gasteiger partial charge >= 0.3 is 0 Å². The molecule has 2 unspecified atom stereocenters. The van der Waals surface area contributed by atoms with E-state index in [-0.39, 0.29) is 17.7 Å². The molecular formula is C13H19N3O2. The molecule has 1 saturated heterocycles. The summed E-state index contributed by atoms with van der Waals surface area (Å²) < 4.78 is 0. The monoisotopic (exact) mass is 249 g/mol. The van der Waals surface area contributed by atoms with Crippen LogP contribution < -0.4 is 10.6 Å². The summed E-state index contributed by atoms with van der Waals surface area (Å²) in [6, 6.07) is 1.54. The van der Waals surface area contributed by atoms with Crippen LogP contribution in [0.2, 0.25) is 0 Å². The molecule has 5 nitrogen and oxygen atoms in total. The van der Waals surface area contributed by atoms with Gasteiger partial charge in [-0.15, -0.1) is 0 Å². The van der Waals surface area contributed by atoms with Crippen LogP contribution in [-0.2, 0) is 0 Å². The highest BCUT2D eigenvalue weighted by molar-refractivity contribution is 5.94. The lowest BCUT2D eigenvalue weighted by Gasteiger charge is -2.28. The fraction of sp³-hybridized carbons (Fsp3) is 0.538. The van der Waals surface area contributed by atoms with Crippen LogP contribution in [-0.4, -0.2) is 35.1 Å². The van der Waals surface area contributed by atoms with Crippen molar-refractivity contribution in [1.82, 2.24) is 15.6 Å². The second-order valence-electron chi connectivity index (χ2n) is 4.80. The number of nitrogens with one attached hydrogen (secondary N) is 2. The van der Waals surface area contributed by atoms with Crippen molar-refractivity contribution in [2.75, 3.05) is 13.1 Å². The van der Waals surface area contributed by atoms with E-state index in [9.17, 15) is 9.90 Å². The lowest BCUT2D eigenvalue weighted by molar-refractivity contribution is 0.0921. The molecule has 0 radical (unpaired) electrons. The number of aromatic hydroxyl groups is 1. The van der Waals surface area contributed by atoms with Crippen LogP contribution in [0, 0.1) is 5.92 Å². The third-order valence-corrected chi connectivity index (χ3v) is 3.39. The summed E-state index contributed by atoms with van der Waals surface area (Å²) >= 11 is 0. The average Bonchev–Trinajstić information content (AvgIpc) is 2.39. The second kappa shape index (κ2) is 5.82. The van der Waals surface area contributed by atoms with Gasteiger partial charge in [-0.1, -0.05) is 0 Å². The van der Waals surface area contributed by atoms with Gasteiger partial charge < -0.3 is 15.7 Å². The maximum Gasteiger partial charge on any atom is 0.253 e. The first kappa shape index (κ1) is 12.8. The minimum Gasteiger partial charge on any atom is -0.506 e. The van der Waals surface area contributed by atoms with E-state index in [1.165, 1.54) is 18.5 Å². The standard InChI is InChI=1S/C13H19N3O2/c1-9(10-3-2-4-14-6-10)16-13(18)11-5-12(17)8-15-7-11/h5,7-10,14,17H,2-4,6H2,1H3,(H,16,18). The predicted molar refractivity (Wildman–Crippen MR) is 68.4 cm³/mol. The second-order valence-corrected chi connectivity index (χ2v) is 4.80. The Kier molecular flexibility index (Phi) is 4.15. The van der Waals surface area contributed by atoms with Gasteiger partial charge in [-0.3, -0.25) is 9.78 Å². The molecule has 2 rings (SSSR count). The normalized spacial score (nSPS) is 21.3. The summed E-state index contributed by atoms with van der Waals surface area (Å²) in [5.74, 6) is 0.291. The van der Waals surface area contributed by atoms with E-state index < -0.39 is 0 Å². The van der Waals surface area contributed by atoms with Crippen LogP contribution in [0.4, 0.5) is 0 Å². The maximum atomic E-state index is 12.0. The van der Waals surface area contributed by atoms with Crippen molar-refractivity contribution in [3.05, 3.63) is 24.0 Å². The zero-order valence-corrected chi connectivity index (χ0v) is 10.5. The first-order valence-electron chi connectivity index (χ1n) is 6.32. The van der Waals surface area contributed by atoms with Crippen molar-refractivity contribution in [3.8, 4) is 5.75 Å². The molecular weight excluding hydrogens is 230 g/mol. The molecule has 1 amide bonds. The summed E-state index contributed by atoms with van der Waals surface area (Å²) in [7, 11) is 0. The van der Waals surface area contributed by atoms with Crippen molar-refractivity contribution in [1.29, 1.82) is 0 Å². The summed E-state index contributed by atoms with van der Waals surface area (Å²) in [6.45, 7) is 4.03. The van der Waals surface area contributed by atoms with E-state index in [1.807, 2.05) is 6.92 Å². The Morgan fingerprint density at radius 3 is 3.11 bits per heavy atom. The van der Waals surface area contributed by atoms with Crippen LogP contribution in [0.3, 0.4) is 0 Å². The zero-order chi connectivity index (χ0) is 13.0. The third-order valence-electron chi connectivity index (χ3n) is 3.39. The van der Waals surface area contributed by atoms with Gasteiger partial charge in [0.05, 0.1) is 11.8 Å². The molecule has 18 heavy (non-hydrogen) atoms. The number of hydrogen-bond donors (Lipinski definition) is 3. The van der Waals surface area contributed by atoms with E-state index in [4.69, 9.17) is 0 Å². The molecule has 1 aromatic rings. The largest absolute Gasteiger partial charge is 0.506 e. The van der Waals surface area contributed by atoms with E-state index in [2.05, 4.69) is 15.6 Å². The first-order valence-corrected chi connectivity index (χ1v) is 6.32. The number of rotatable bonds is 3. The number of nitrogens with zero attached hydrogens (tertiary/aromatic N) is 1. The molecule has 1 fully saturated rings. The minimum absolute atomic E-state index is 0.00892. The van der Waals surface area contributed by atoms with Crippen molar-refractivity contribution < 1.29 is 9.90 Å². The first-order chi connectivity index (χ1) is 8.66. The SMILES string of the molecule is CC(NC(=O)c1cncc(O)c1)C1CCCNC1. The molecule has 0 aromatic carbocycles. The summed E-state index contributed by atoms with van der Waals surface area (Å²) in [6.07, 6.45) is 5.05. The summed E-state index contributed by atoms with van der Waals surface area (Å²) in [5.41, 5.74) is 0.394. The Morgan fingerprint density at radius 1 is 1.61 bits per heavy atom. The number of aromatic nitrogens is 1. The van der Waals surface area contributed by atoms with Gasteiger partial charge in [0.1, 0.15) is 5.75 Å². The highest BCUT2D eigenvalue weighted by Gasteiger charge is 2.21. The fourth-order valence-electron chi connectivity index (χ4n) is 2.27. The molecule has 1 aromatic heterocycles. The Hall–Kier alpha value is -1.62. The van der Waals surface area contributed by atoms with E-state index in [1.54, 1.807) is 0 Å². The lowest BCUT2D eigenvalue weighted by atomic mass is 9.92. The molecule has 1 aliphatic rings. The Balaban J connectivity index is 1.94. The van der Waals surface area contributed by atoms with Crippen molar-refractivity contribution in [2.24, 2.45) is 5.92 Å².